The highest BCUT2D eigenvalue weighted by Gasteiger charge is 2.16. The minimum atomic E-state index is -0.766. The molecular formula is C17H17ClO2. The molecule has 20 heavy (non-hydrogen) atoms. The van der Waals surface area contributed by atoms with Crippen molar-refractivity contribution in [1.29, 1.82) is 0 Å². The molecule has 2 aromatic carbocycles. The summed E-state index contributed by atoms with van der Waals surface area (Å²) in [7, 11) is 0. The van der Waals surface area contributed by atoms with Crippen LogP contribution < -0.4 is 0 Å². The Kier molecular flexibility index (Phi) is 4.96. The average molecular weight is 289 g/mol. The van der Waals surface area contributed by atoms with E-state index < -0.39 is 12.2 Å². The van der Waals surface area contributed by atoms with Gasteiger partial charge >= 0.3 is 0 Å². The summed E-state index contributed by atoms with van der Waals surface area (Å²) in [6.45, 7) is 3.88. The van der Waals surface area contributed by atoms with E-state index in [0.717, 1.165) is 11.1 Å². The van der Waals surface area contributed by atoms with Crippen LogP contribution in [0.5, 0.6) is 0 Å². The Morgan fingerprint density at radius 3 is 2.15 bits per heavy atom. The molecule has 0 saturated heterocycles. The predicted molar refractivity (Wildman–Crippen MR) is 81.6 cm³/mol. The van der Waals surface area contributed by atoms with Gasteiger partial charge in [0.1, 0.15) is 0 Å². The lowest BCUT2D eigenvalue weighted by molar-refractivity contribution is 0.154. The standard InChI is InChI=1S/C17H17ClO2/c1-12(17(20)14-5-3-2-4-6-14)11-16(19)13-7-9-15(18)10-8-13/h2-10,16-17,19-20H,1,11H2. The van der Waals surface area contributed by atoms with Crippen molar-refractivity contribution in [1.82, 2.24) is 0 Å². The third-order valence-electron chi connectivity index (χ3n) is 3.21. The molecule has 0 amide bonds. The lowest BCUT2D eigenvalue weighted by Crippen LogP contribution is -2.06. The van der Waals surface area contributed by atoms with Crippen LogP contribution in [-0.2, 0) is 0 Å². The minimum absolute atomic E-state index is 0.303. The van der Waals surface area contributed by atoms with E-state index in [9.17, 15) is 10.2 Å². The van der Waals surface area contributed by atoms with Crippen molar-refractivity contribution in [3.05, 3.63) is 82.9 Å². The fourth-order valence-corrected chi connectivity index (χ4v) is 2.16. The molecule has 0 bridgehead atoms. The molecule has 0 radical (unpaired) electrons. The summed E-state index contributed by atoms with van der Waals surface area (Å²) in [5.74, 6) is 0. The maximum Gasteiger partial charge on any atom is 0.0999 e. The highest BCUT2D eigenvalue weighted by atomic mass is 35.5. The van der Waals surface area contributed by atoms with Crippen molar-refractivity contribution in [2.45, 2.75) is 18.6 Å². The Morgan fingerprint density at radius 1 is 0.950 bits per heavy atom. The van der Waals surface area contributed by atoms with Gasteiger partial charge in [-0.25, -0.2) is 0 Å². The van der Waals surface area contributed by atoms with Gasteiger partial charge < -0.3 is 10.2 Å². The Morgan fingerprint density at radius 2 is 1.55 bits per heavy atom. The summed E-state index contributed by atoms with van der Waals surface area (Å²) in [4.78, 5) is 0. The number of halogens is 1. The second-order valence-electron chi connectivity index (χ2n) is 4.74. The van der Waals surface area contributed by atoms with Gasteiger partial charge in [-0.2, -0.15) is 0 Å². The lowest BCUT2D eigenvalue weighted by atomic mass is 9.95. The fourth-order valence-electron chi connectivity index (χ4n) is 2.03. The van der Waals surface area contributed by atoms with Crippen LogP contribution in [0.4, 0.5) is 0 Å². The van der Waals surface area contributed by atoms with Crippen LogP contribution >= 0.6 is 11.6 Å². The number of benzene rings is 2. The Hall–Kier alpha value is -1.61. The highest BCUT2D eigenvalue weighted by Crippen LogP contribution is 2.29. The summed E-state index contributed by atoms with van der Waals surface area (Å²) in [5, 5.41) is 21.0. The van der Waals surface area contributed by atoms with Gasteiger partial charge in [-0.05, 0) is 28.8 Å². The van der Waals surface area contributed by atoms with Crippen molar-refractivity contribution >= 4 is 11.6 Å². The molecule has 0 saturated carbocycles. The van der Waals surface area contributed by atoms with Crippen molar-refractivity contribution in [2.75, 3.05) is 0 Å². The van der Waals surface area contributed by atoms with Crippen LogP contribution in [0, 0.1) is 0 Å². The van der Waals surface area contributed by atoms with E-state index in [1.807, 2.05) is 30.3 Å². The van der Waals surface area contributed by atoms with Crippen LogP contribution in [-0.4, -0.2) is 10.2 Å². The molecule has 0 spiro atoms. The van der Waals surface area contributed by atoms with E-state index in [-0.39, 0.29) is 0 Å². The molecule has 0 aromatic heterocycles. The second-order valence-corrected chi connectivity index (χ2v) is 5.18. The average Bonchev–Trinajstić information content (AvgIpc) is 2.48. The summed E-state index contributed by atoms with van der Waals surface area (Å²) < 4.78 is 0. The molecule has 2 aromatic rings. The first-order chi connectivity index (χ1) is 9.58. The first kappa shape index (κ1) is 14.8. The summed E-state index contributed by atoms with van der Waals surface area (Å²) >= 11 is 5.81. The Labute approximate surface area is 124 Å². The Balaban J connectivity index is 2.02. The van der Waals surface area contributed by atoms with Crippen molar-refractivity contribution in [2.24, 2.45) is 0 Å². The fraction of sp³-hybridized carbons (Fsp3) is 0.176. The summed E-state index contributed by atoms with van der Waals surface area (Å²) in [6.07, 6.45) is -1.16. The number of rotatable bonds is 5. The van der Waals surface area contributed by atoms with Crippen molar-refractivity contribution in [3.63, 3.8) is 0 Å². The maximum atomic E-state index is 10.2. The molecule has 2 N–H and O–H groups in total. The number of aliphatic hydroxyl groups is 2. The minimum Gasteiger partial charge on any atom is -0.388 e. The van der Waals surface area contributed by atoms with Gasteiger partial charge in [0.05, 0.1) is 12.2 Å². The van der Waals surface area contributed by atoms with Crippen LogP contribution in [0.3, 0.4) is 0 Å². The van der Waals surface area contributed by atoms with Gasteiger partial charge in [-0.1, -0.05) is 60.6 Å². The monoisotopic (exact) mass is 288 g/mol. The molecule has 2 atom stereocenters. The first-order valence-electron chi connectivity index (χ1n) is 6.42. The maximum absolute atomic E-state index is 10.2. The molecular weight excluding hydrogens is 272 g/mol. The Bertz CT molecular complexity index is 563. The topological polar surface area (TPSA) is 40.5 Å². The van der Waals surface area contributed by atoms with Crippen LogP contribution in [0.15, 0.2) is 66.7 Å². The van der Waals surface area contributed by atoms with Gasteiger partial charge in [0, 0.05) is 11.4 Å². The summed E-state index contributed by atoms with van der Waals surface area (Å²) in [6, 6.07) is 16.3. The zero-order chi connectivity index (χ0) is 14.5. The van der Waals surface area contributed by atoms with Crippen LogP contribution in [0.2, 0.25) is 5.02 Å². The van der Waals surface area contributed by atoms with Crippen LogP contribution in [0.1, 0.15) is 29.8 Å². The van der Waals surface area contributed by atoms with E-state index in [0.29, 0.717) is 17.0 Å². The highest BCUT2D eigenvalue weighted by molar-refractivity contribution is 6.30. The normalized spacial score (nSPS) is 13.8. The smallest absolute Gasteiger partial charge is 0.0999 e. The number of hydrogen-bond donors (Lipinski definition) is 2. The molecule has 0 heterocycles. The van der Waals surface area contributed by atoms with Gasteiger partial charge in [-0.3, -0.25) is 0 Å². The molecule has 0 fully saturated rings. The molecule has 0 aliphatic carbocycles. The molecule has 0 aliphatic heterocycles. The molecule has 2 nitrogen and oxygen atoms in total. The first-order valence-corrected chi connectivity index (χ1v) is 6.80. The van der Waals surface area contributed by atoms with Crippen LogP contribution in [0.25, 0.3) is 0 Å². The molecule has 3 heteroatoms. The molecule has 2 unspecified atom stereocenters. The van der Waals surface area contributed by atoms with E-state index >= 15 is 0 Å². The lowest BCUT2D eigenvalue weighted by Gasteiger charge is -2.18. The van der Waals surface area contributed by atoms with Gasteiger partial charge in [0.25, 0.3) is 0 Å². The molecule has 0 aliphatic rings. The third kappa shape index (κ3) is 3.70. The van der Waals surface area contributed by atoms with Crippen molar-refractivity contribution in [3.8, 4) is 0 Å². The molecule has 104 valence electrons. The number of hydrogen-bond acceptors (Lipinski definition) is 2. The van der Waals surface area contributed by atoms with E-state index in [4.69, 9.17) is 11.6 Å². The summed E-state index contributed by atoms with van der Waals surface area (Å²) in [5.41, 5.74) is 2.12. The zero-order valence-corrected chi connectivity index (χ0v) is 11.8. The van der Waals surface area contributed by atoms with Gasteiger partial charge in [0.2, 0.25) is 0 Å². The van der Waals surface area contributed by atoms with E-state index in [1.165, 1.54) is 0 Å². The SMILES string of the molecule is C=C(CC(O)c1ccc(Cl)cc1)C(O)c1ccccc1. The number of aliphatic hydroxyl groups excluding tert-OH is 2. The largest absolute Gasteiger partial charge is 0.388 e. The van der Waals surface area contributed by atoms with E-state index in [1.54, 1.807) is 24.3 Å². The third-order valence-corrected chi connectivity index (χ3v) is 3.46. The second kappa shape index (κ2) is 6.71. The van der Waals surface area contributed by atoms with Crippen molar-refractivity contribution < 1.29 is 10.2 Å². The zero-order valence-electron chi connectivity index (χ0n) is 11.0. The van der Waals surface area contributed by atoms with Gasteiger partial charge in [-0.15, -0.1) is 0 Å². The predicted octanol–water partition coefficient (Wildman–Crippen LogP) is 4.05. The van der Waals surface area contributed by atoms with Gasteiger partial charge in [0.15, 0.2) is 0 Å². The molecule has 2 rings (SSSR count). The quantitative estimate of drug-likeness (QED) is 0.815. The van der Waals surface area contributed by atoms with E-state index in [2.05, 4.69) is 6.58 Å².